The maximum atomic E-state index is 13.0. The number of ether oxygens (including phenoxy) is 3. The molecule has 11 heteroatoms. The van der Waals surface area contributed by atoms with E-state index >= 15 is 0 Å². The van der Waals surface area contributed by atoms with Gasteiger partial charge in [0.1, 0.15) is 24.4 Å². The van der Waals surface area contributed by atoms with Gasteiger partial charge in [-0.15, -0.1) is 0 Å². The molecule has 1 rings (SSSR count). The zero-order chi connectivity index (χ0) is 58.7. The molecular weight excluding hydrogens is 1010 g/mol. The van der Waals surface area contributed by atoms with Crippen molar-refractivity contribution in [3.05, 3.63) is 12.2 Å². The van der Waals surface area contributed by atoms with Crippen molar-refractivity contribution in [2.24, 2.45) is 0 Å². The van der Waals surface area contributed by atoms with E-state index in [9.17, 15) is 35.1 Å². The highest BCUT2D eigenvalue weighted by atomic mass is 16.7. The fraction of sp³-hybridized carbons (Fsp3) is 0.943. The maximum absolute atomic E-state index is 13.0. The zero-order valence-electron chi connectivity index (χ0n) is 53.3. The molecule has 7 unspecified atom stereocenters. The molecule has 0 radical (unpaired) electrons. The van der Waals surface area contributed by atoms with Crippen molar-refractivity contribution in [2.75, 3.05) is 19.8 Å². The van der Waals surface area contributed by atoms with Crippen LogP contribution in [0, 0.1) is 0 Å². The van der Waals surface area contributed by atoms with Crippen LogP contribution < -0.4 is 5.32 Å². The number of carbonyl (C=O) groups excluding carboxylic acids is 2. The SMILES string of the molecule is CCCCCCCCC/C=C/C(O)C(COC1OC(CO)C(O)C(O)C1O)NC(=O)CCCCCCCCCCCCCCCCCCCCCCCCCCCCOC(=O)CCCCCCCCCCCCCCCCCCCC. The minimum Gasteiger partial charge on any atom is -0.466 e. The molecule has 7 atom stereocenters. The number of carbonyl (C=O) groups is 2. The van der Waals surface area contributed by atoms with Gasteiger partial charge in [0.2, 0.25) is 5.91 Å². The first-order chi connectivity index (χ1) is 39.7. The van der Waals surface area contributed by atoms with Gasteiger partial charge in [-0.05, 0) is 32.1 Å². The standard InChI is InChI=1S/C70H135NO10/c1-3-5-7-9-11-13-14-15-16-17-29-32-35-38-42-46-50-54-58-66(75)79-59-55-51-47-43-39-36-33-30-27-25-23-21-19-18-20-22-24-26-28-31-34-37-41-45-49-53-57-65(74)71-62(63(73)56-52-48-44-40-12-10-8-6-4-2)61-80-70-69(78)68(77)67(76)64(60-72)81-70/h52,56,62-64,67-70,72-73,76-78H,3-51,53-55,57-61H2,1-2H3,(H,71,74)/b56-52+. The molecule has 0 aromatic heterocycles. The van der Waals surface area contributed by atoms with E-state index in [-0.39, 0.29) is 18.5 Å². The highest BCUT2D eigenvalue weighted by Gasteiger charge is 2.44. The predicted octanol–water partition coefficient (Wildman–Crippen LogP) is 17.9. The first-order valence-corrected chi connectivity index (χ1v) is 35.5. The molecule has 0 aliphatic carbocycles. The number of amides is 1. The van der Waals surface area contributed by atoms with Crippen LogP contribution in [0.1, 0.15) is 361 Å². The van der Waals surface area contributed by atoms with Gasteiger partial charge >= 0.3 is 5.97 Å². The number of esters is 1. The second-order valence-electron chi connectivity index (χ2n) is 25.0. The quantitative estimate of drug-likeness (QED) is 0.0195. The second-order valence-corrected chi connectivity index (χ2v) is 25.0. The largest absolute Gasteiger partial charge is 0.466 e. The van der Waals surface area contributed by atoms with Crippen LogP contribution in [0.4, 0.5) is 0 Å². The molecule has 6 N–H and O–H groups in total. The number of hydrogen-bond acceptors (Lipinski definition) is 10. The van der Waals surface area contributed by atoms with Crippen LogP contribution in [0.3, 0.4) is 0 Å². The van der Waals surface area contributed by atoms with Gasteiger partial charge in [-0.25, -0.2) is 0 Å². The smallest absolute Gasteiger partial charge is 0.305 e. The van der Waals surface area contributed by atoms with Crippen LogP contribution in [-0.2, 0) is 23.8 Å². The molecule has 11 nitrogen and oxygen atoms in total. The molecule has 0 bridgehead atoms. The van der Waals surface area contributed by atoms with Gasteiger partial charge in [-0.2, -0.15) is 0 Å². The third-order valence-electron chi connectivity index (χ3n) is 17.2. The molecule has 1 aliphatic rings. The predicted molar refractivity (Wildman–Crippen MR) is 338 cm³/mol. The Morgan fingerprint density at radius 1 is 0.444 bits per heavy atom. The van der Waals surface area contributed by atoms with Crippen molar-refractivity contribution in [1.82, 2.24) is 5.32 Å². The van der Waals surface area contributed by atoms with Gasteiger partial charge in [-0.3, -0.25) is 9.59 Å². The van der Waals surface area contributed by atoms with Gasteiger partial charge in [0.05, 0.1) is 32.0 Å². The fourth-order valence-corrected chi connectivity index (χ4v) is 11.6. The van der Waals surface area contributed by atoms with Crippen molar-refractivity contribution in [3.8, 4) is 0 Å². The van der Waals surface area contributed by atoms with Crippen LogP contribution in [0.2, 0.25) is 0 Å². The third-order valence-corrected chi connectivity index (χ3v) is 17.2. The average molecular weight is 1150 g/mol. The lowest BCUT2D eigenvalue weighted by molar-refractivity contribution is -0.302. The van der Waals surface area contributed by atoms with E-state index in [1.54, 1.807) is 6.08 Å². The highest BCUT2D eigenvalue weighted by molar-refractivity contribution is 5.76. The molecule has 1 aliphatic heterocycles. The van der Waals surface area contributed by atoms with Crippen LogP contribution >= 0.6 is 0 Å². The van der Waals surface area contributed by atoms with E-state index in [2.05, 4.69) is 19.2 Å². The minimum absolute atomic E-state index is 0.0125. The monoisotopic (exact) mass is 1150 g/mol. The lowest BCUT2D eigenvalue weighted by Crippen LogP contribution is -2.60. The molecule has 1 saturated heterocycles. The Hall–Kier alpha value is -1.60. The molecular formula is C70H135NO10. The maximum Gasteiger partial charge on any atom is 0.305 e. The van der Waals surface area contributed by atoms with Crippen molar-refractivity contribution in [1.29, 1.82) is 0 Å². The van der Waals surface area contributed by atoms with Crippen molar-refractivity contribution in [3.63, 3.8) is 0 Å². The molecule has 0 saturated carbocycles. The van der Waals surface area contributed by atoms with Crippen molar-refractivity contribution in [2.45, 2.75) is 403 Å². The molecule has 480 valence electrons. The fourth-order valence-electron chi connectivity index (χ4n) is 11.6. The summed E-state index contributed by atoms with van der Waals surface area (Å²) in [5.74, 6) is -0.167. The Bertz CT molecular complexity index is 1350. The first kappa shape index (κ1) is 77.4. The summed E-state index contributed by atoms with van der Waals surface area (Å²) < 4.78 is 16.7. The Kier molecular flexibility index (Phi) is 57.4. The van der Waals surface area contributed by atoms with E-state index in [1.807, 2.05) is 6.08 Å². The van der Waals surface area contributed by atoms with E-state index < -0.39 is 49.5 Å². The number of unbranched alkanes of at least 4 members (excludes halogenated alkanes) is 49. The summed E-state index contributed by atoms with van der Waals surface area (Å²) in [7, 11) is 0. The summed E-state index contributed by atoms with van der Waals surface area (Å²) in [6.45, 7) is 4.36. The van der Waals surface area contributed by atoms with Crippen LogP contribution in [0.25, 0.3) is 0 Å². The van der Waals surface area contributed by atoms with Gasteiger partial charge < -0.3 is 45.1 Å². The number of allylic oxidation sites excluding steroid dienone is 1. The Morgan fingerprint density at radius 3 is 1.15 bits per heavy atom. The first-order valence-electron chi connectivity index (χ1n) is 35.5. The number of aliphatic hydroxyl groups excluding tert-OH is 5. The van der Waals surface area contributed by atoms with Crippen LogP contribution in [-0.4, -0.2) is 100 Å². The summed E-state index contributed by atoms with van der Waals surface area (Å²) in [4.78, 5) is 25.1. The topological polar surface area (TPSA) is 175 Å². The summed E-state index contributed by atoms with van der Waals surface area (Å²) in [6, 6.07) is -0.806. The molecule has 1 fully saturated rings. The lowest BCUT2D eigenvalue weighted by Gasteiger charge is -2.40. The van der Waals surface area contributed by atoms with Gasteiger partial charge in [0.25, 0.3) is 0 Å². The molecule has 1 heterocycles. The molecule has 81 heavy (non-hydrogen) atoms. The Balaban J connectivity index is 1.90. The van der Waals surface area contributed by atoms with Crippen LogP contribution in [0.15, 0.2) is 12.2 Å². The molecule has 0 aromatic carbocycles. The van der Waals surface area contributed by atoms with Crippen LogP contribution in [0.5, 0.6) is 0 Å². The highest BCUT2D eigenvalue weighted by Crippen LogP contribution is 2.23. The number of rotatable bonds is 63. The van der Waals surface area contributed by atoms with Crippen molar-refractivity contribution >= 4 is 11.9 Å². The van der Waals surface area contributed by atoms with E-state index in [0.717, 1.165) is 51.4 Å². The summed E-state index contributed by atoms with van der Waals surface area (Å²) >= 11 is 0. The normalized spacial score (nSPS) is 18.2. The zero-order valence-corrected chi connectivity index (χ0v) is 53.3. The lowest BCUT2D eigenvalue weighted by atomic mass is 9.99. The minimum atomic E-state index is -1.57. The molecule has 0 spiro atoms. The molecule has 0 aromatic rings. The van der Waals surface area contributed by atoms with Gasteiger partial charge in [0.15, 0.2) is 6.29 Å². The number of aliphatic hydroxyl groups is 5. The summed E-state index contributed by atoms with van der Waals surface area (Å²) in [5.41, 5.74) is 0. The van der Waals surface area contributed by atoms with E-state index in [4.69, 9.17) is 14.2 Å². The second kappa shape index (κ2) is 60.1. The summed E-state index contributed by atoms with van der Waals surface area (Å²) in [5, 5.41) is 54.3. The average Bonchev–Trinajstić information content (AvgIpc) is 3.47. The third kappa shape index (κ3) is 49.2. The van der Waals surface area contributed by atoms with E-state index in [0.29, 0.717) is 19.4 Å². The Morgan fingerprint density at radius 2 is 0.778 bits per heavy atom. The van der Waals surface area contributed by atoms with Crippen molar-refractivity contribution < 1.29 is 49.3 Å². The van der Waals surface area contributed by atoms with E-state index in [1.165, 1.54) is 283 Å². The van der Waals surface area contributed by atoms with Gasteiger partial charge in [-0.1, -0.05) is 328 Å². The number of hydrogen-bond donors (Lipinski definition) is 6. The molecule has 1 amide bonds. The summed E-state index contributed by atoms with van der Waals surface area (Å²) in [6.07, 6.45) is 63.6. The Labute approximate surface area is 499 Å². The number of nitrogens with one attached hydrogen (secondary N) is 1. The van der Waals surface area contributed by atoms with Gasteiger partial charge in [0, 0.05) is 12.8 Å².